The second-order valence-electron chi connectivity index (χ2n) is 3.73. The van der Waals surface area contributed by atoms with Crippen molar-refractivity contribution in [3.05, 3.63) is 59.7 Å². The summed E-state index contributed by atoms with van der Waals surface area (Å²) in [7, 11) is 0. The lowest BCUT2D eigenvalue weighted by molar-refractivity contribution is 0.0696. The van der Waals surface area contributed by atoms with Gasteiger partial charge in [-0.25, -0.2) is 9.18 Å². The third kappa shape index (κ3) is 3.12. The molecule has 0 aliphatic carbocycles. The molecule has 6 heteroatoms. The van der Waals surface area contributed by atoms with Crippen LogP contribution in [0.1, 0.15) is 20.7 Å². The van der Waals surface area contributed by atoms with Gasteiger partial charge in [-0.1, -0.05) is 6.07 Å². The molecule has 0 aliphatic heterocycles. The van der Waals surface area contributed by atoms with Crippen molar-refractivity contribution in [2.24, 2.45) is 0 Å². The third-order valence-corrected chi connectivity index (χ3v) is 2.33. The van der Waals surface area contributed by atoms with E-state index < -0.39 is 17.7 Å². The van der Waals surface area contributed by atoms with Crippen LogP contribution in [0.3, 0.4) is 0 Å². The van der Waals surface area contributed by atoms with E-state index in [9.17, 15) is 14.0 Å². The van der Waals surface area contributed by atoms with E-state index in [4.69, 9.17) is 5.11 Å². The summed E-state index contributed by atoms with van der Waals surface area (Å²) < 4.78 is 13.0. The molecule has 0 saturated heterocycles. The third-order valence-electron chi connectivity index (χ3n) is 2.33. The van der Waals surface area contributed by atoms with Crippen molar-refractivity contribution in [2.45, 2.75) is 0 Å². The summed E-state index contributed by atoms with van der Waals surface area (Å²) in [4.78, 5) is 26.2. The van der Waals surface area contributed by atoms with Gasteiger partial charge in [0, 0.05) is 11.8 Å². The van der Waals surface area contributed by atoms with Crippen molar-refractivity contribution < 1.29 is 19.1 Å². The normalized spacial score (nSPS) is 9.95. The first-order valence-electron chi connectivity index (χ1n) is 5.31. The average Bonchev–Trinajstić information content (AvgIpc) is 2.39. The summed E-state index contributed by atoms with van der Waals surface area (Å²) >= 11 is 0. The van der Waals surface area contributed by atoms with Gasteiger partial charge < -0.3 is 10.4 Å². The van der Waals surface area contributed by atoms with Gasteiger partial charge >= 0.3 is 5.97 Å². The number of halogens is 1. The van der Waals surface area contributed by atoms with Crippen LogP contribution in [0.2, 0.25) is 0 Å². The summed E-state index contributed by atoms with van der Waals surface area (Å²) in [5, 5.41) is 11.2. The molecule has 0 bridgehead atoms. The number of carbonyl (C=O) groups is 2. The Bertz CT molecular complexity index is 643. The number of rotatable bonds is 3. The second kappa shape index (κ2) is 5.26. The fourth-order valence-corrected chi connectivity index (χ4v) is 1.46. The summed E-state index contributed by atoms with van der Waals surface area (Å²) in [5.74, 6) is -2.21. The number of aromatic carboxylic acids is 1. The molecule has 0 fully saturated rings. The minimum absolute atomic E-state index is 0.0444. The highest BCUT2D eigenvalue weighted by Crippen LogP contribution is 2.11. The van der Waals surface area contributed by atoms with Crippen molar-refractivity contribution in [3.8, 4) is 0 Å². The zero-order chi connectivity index (χ0) is 13.8. The number of hydrogen-bond donors (Lipinski definition) is 2. The van der Waals surface area contributed by atoms with Crippen molar-refractivity contribution in [3.63, 3.8) is 0 Å². The molecular weight excluding hydrogens is 251 g/mol. The fourth-order valence-electron chi connectivity index (χ4n) is 1.46. The van der Waals surface area contributed by atoms with E-state index in [1.54, 1.807) is 0 Å². The van der Waals surface area contributed by atoms with E-state index in [2.05, 4.69) is 10.3 Å². The van der Waals surface area contributed by atoms with Gasteiger partial charge in [0.25, 0.3) is 5.91 Å². The van der Waals surface area contributed by atoms with Gasteiger partial charge in [-0.15, -0.1) is 0 Å². The van der Waals surface area contributed by atoms with Crippen molar-refractivity contribution in [1.29, 1.82) is 0 Å². The quantitative estimate of drug-likeness (QED) is 0.886. The lowest BCUT2D eigenvalue weighted by Crippen LogP contribution is -2.12. The Hall–Kier alpha value is -2.76. The van der Waals surface area contributed by atoms with Crippen molar-refractivity contribution in [1.82, 2.24) is 4.98 Å². The highest BCUT2D eigenvalue weighted by atomic mass is 19.1. The number of carboxylic acid groups (broad SMARTS) is 1. The molecule has 0 saturated carbocycles. The number of benzene rings is 1. The van der Waals surface area contributed by atoms with Crippen LogP contribution in [0.4, 0.5) is 10.1 Å². The van der Waals surface area contributed by atoms with Gasteiger partial charge in [-0.05, 0) is 24.3 Å². The standard InChI is InChI=1S/C13H9FN2O3/c14-10-3-1-2-8(4-10)12(17)16-11-5-9(13(18)19)6-15-7-11/h1-7H,(H,16,17)(H,18,19). The lowest BCUT2D eigenvalue weighted by atomic mass is 10.2. The van der Waals surface area contributed by atoms with Crippen LogP contribution in [0.15, 0.2) is 42.7 Å². The number of hydrogen-bond acceptors (Lipinski definition) is 3. The first kappa shape index (κ1) is 12.7. The molecule has 1 heterocycles. The predicted molar refractivity (Wildman–Crippen MR) is 65.5 cm³/mol. The topological polar surface area (TPSA) is 79.3 Å². The number of carbonyl (C=O) groups excluding carboxylic acids is 1. The Morgan fingerprint density at radius 1 is 1.16 bits per heavy atom. The fraction of sp³-hybridized carbons (Fsp3) is 0. The Morgan fingerprint density at radius 3 is 2.63 bits per heavy atom. The van der Waals surface area contributed by atoms with Crippen molar-refractivity contribution >= 4 is 17.6 Å². The smallest absolute Gasteiger partial charge is 0.337 e. The molecule has 5 nitrogen and oxygen atoms in total. The molecule has 2 N–H and O–H groups in total. The molecule has 0 aliphatic rings. The van der Waals surface area contributed by atoms with Crippen LogP contribution in [-0.4, -0.2) is 22.0 Å². The highest BCUT2D eigenvalue weighted by molar-refractivity contribution is 6.04. The zero-order valence-corrected chi connectivity index (χ0v) is 9.63. The van der Waals surface area contributed by atoms with E-state index in [1.165, 1.54) is 36.7 Å². The van der Waals surface area contributed by atoms with Crippen LogP contribution in [0.5, 0.6) is 0 Å². The minimum atomic E-state index is -1.14. The van der Waals surface area contributed by atoms with Crippen LogP contribution < -0.4 is 5.32 Å². The largest absolute Gasteiger partial charge is 0.478 e. The maximum absolute atomic E-state index is 13.0. The van der Waals surface area contributed by atoms with Gasteiger partial charge in [-0.3, -0.25) is 9.78 Å². The van der Waals surface area contributed by atoms with Crippen LogP contribution in [0, 0.1) is 5.82 Å². The summed E-state index contributed by atoms with van der Waals surface area (Å²) in [6.45, 7) is 0. The average molecular weight is 260 g/mol. The molecule has 0 radical (unpaired) electrons. The Labute approximate surface area is 107 Å². The molecule has 1 aromatic heterocycles. The predicted octanol–water partition coefficient (Wildman–Crippen LogP) is 2.17. The number of pyridine rings is 1. The van der Waals surface area contributed by atoms with E-state index in [-0.39, 0.29) is 16.8 Å². The number of carboxylic acids is 1. The Balaban J connectivity index is 2.19. The van der Waals surface area contributed by atoms with Gasteiger partial charge in [0.2, 0.25) is 0 Å². The van der Waals surface area contributed by atoms with Crippen LogP contribution in [0.25, 0.3) is 0 Å². The van der Waals surface area contributed by atoms with Gasteiger partial charge in [0.05, 0.1) is 17.4 Å². The molecule has 19 heavy (non-hydrogen) atoms. The molecule has 1 aromatic carbocycles. The molecule has 0 atom stereocenters. The van der Waals surface area contributed by atoms with Gasteiger partial charge in [0.1, 0.15) is 5.82 Å². The Morgan fingerprint density at radius 2 is 1.95 bits per heavy atom. The molecule has 2 aromatic rings. The molecular formula is C13H9FN2O3. The van der Waals surface area contributed by atoms with E-state index in [1.807, 2.05) is 0 Å². The molecule has 0 spiro atoms. The minimum Gasteiger partial charge on any atom is -0.478 e. The number of aromatic nitrogens is 1. The molecule has 0 unspecified atom stereocenters. The Kier molecular flexibility index (Phi) is 3.51. The van der Waals surface area contributed by atoms with Gasteiger partial charge in [-0.2, -0.15) is 0 Å². The number of amides is 1. The van der Waals surface area contributed by atoms with Gasteiger partial charge in [0.15, 0.2) is 0 Å². The first-order valence-corrected chi connectivity index (χ1v) is 5.31. The second-order valence-corrected chi connectivity index (χ2v) is 3.73. The van der Waals surface area contributed by atoms with Crippen molar-refractivity contribution in [2.75, 3.05) is 5.32 Å². The van der Waals surface area contributed by atoms with E-state index >= 15 is 0 Å². The summed E-state index contributed by atoms with van der Waals surface area (Å²) in [6.07, 6.45) is 2.48. The molecule has 96 valence electrons. The summed E-state index contributed by atoms with van der Waals surface area (Å²) in [6, 6.07) is 6.45. The maximum Gasteiger partial charge on any atom is 0.337 e. The first-order chi connectivity index (χ1) is 9.06. The highest BCUT2D eigenvalue weighted by Gasteiger charge is 2.09. The monoisotopic (exact) mass is 260 g/mol. The molecule has 2 rings (SSSR count). The summed E-state index contributed by atoms with van der Waals surface area (Å²) in [5.41, 5.74) is 0.326. The number of nitrogens with one attached hydrogen (secondary N) is 1. The lowest BCUT2D eigenvalue weighted by Gasteiger charge is -2.05. The zero-order valence-electron chi connectivity index (χ0n) is 9.63. The van der Waals surface area contributed by atoms with E-state index in [0.717, 1.165) is 6.07 Å². The number of nitrogens with zero attached hydrogens (tertiary/aromatic N) is 1. The molecule has 1 amide bonds. The van der Waals surface area contributed by atoms with Crippen LogP contribution >= 0.6 is 0 Å². The SMILES string of the molecule is O=C(O)c1cncc(NC(=O)c2cccc(F)c2)c1. The maximum atomic E-state index is 13.0. The van der Waals surface area contributed by atoms with E-state index in [0.29, 0.717) is 0 Å². The van der Waals surface area contributed by atoms with Crippen LogP contribution in [-0.2, 0) is 0 Å². The number of anilines is 1.